The molecule has 0 spiro atoms. The van der Waals surface area contributed by atoms with Crippen molar-refractivity contribution >= 4 is 16.7 Å². The molecule has 0 aliphatic carbocycles. The highest BCUT2D eigenvalue weighted by Crippen LogP contribution is 2.26. The Balaban J connectivity index is 1.89. The summed E-state index contributed by atoms with van der Waals surface area (Å²) in [6.45, 7) is 5.58. The van der Waals surface area contributed by atoms with Gasteiger partial charge in [0, 0.05) is 5.56 Å². The van der Waals surface area contributed by atoms with Gasteiger partial charge in [-0.15, -0.1) is 0 Å². The summed E-state index contributed by atoms with van der Waals surface area (Å²) in [6.07, 6.45) is 0. The molecule has 3 aromatic rings. The number of amides is 1. The second kappa shape index (κ2) is 6.36. The van der Waals surface area contributed by atoms with Crippen molar-refractivity contribution in [3.8, 4) is 5.75 Å². The molecule has 0 aliphatic rings. The van der Waals surface area contributed by atoms with E-state index in [9.17, 15) is 9.90 Å². The normalized spacial score (nSPS) is 12.1. The van der Waals surface area contributed by atoms with E-state index in [1.807, 2.05) is 31.2 Å². The van der Waals surface area contributed by atoms with Crippen molar-refractivity contribution in [3.05, 3.63) is 76.9 Å². The molecule has 3 aromatic carbocycles. The summed E-state index contributed by atoms with van der Waals surface area (Å²) in [5.41, 5.74) is 3.07. The van der Waals surface area contributed by atoms with Crippen LogP contribution in [-0.2, 0) is 0 Å². The maximum Gasteiger partial charge on any atom is 0.251 e. The number of benzene rings is 3. The summed E-state index contributed by atoms with van der Waals surface area (Å²) < 4.78 is 0. The average Bonchev–Trinajstić information content (AvgIpc) is 2.58. The van der Waals surface area contributed by atoms with E-state index in [2.05, 4.69) is 23.5 Å². The van der Waals surface area contributed by atoms with Crippen LogP contribution in [0.15, 0.2) is 54.6 Å². The first-order chi connectivity index (χ1) is 11.5. The number of phenolic OH excluding ortho intramolecular Hbond substituents is 1. The third-order valence-corrected chi connectivity index (χ3v) is 4.39. The predicted octanol–water partition coefficient (Wildman–Crippen LogP) is 4.65. The van der Waals surface area contributed by atoms with E-state index in [1.54, 1.807) is 26.0 Å². The van der Waals surface area contributed by atoms with Crippen molar-refractivity contribution in [2.75, 3.05) is 0 Å². The van der Waals surface area contributed by atoms with E-state index in [-0.39, 0.29) is 17.7 Å². The molecule has 2 N–H and O–H groups in total. The Morgan fingerprint density at radius 1 is 1.00 bits per heavy atom. The zero-order chi connectivity index (χ0) is 17.3. The predicted molar refractivity (Wildman–Crippen MR) is 97.4 cm³/mol. The fourth-order valence-corrected chi connectivity index (χ4v) is 3.07. The molecule has 3 nitrogen and oxygen atoms in total. The number of carbonyl (C=O) groups excluding carboxylic acids is 1. The SMILES string of the molecule is Cc1cc(C(=O)NC(C)c2cccc3ccccc23)cc(C)c1O. The first kappa shape index (κ1) is 16.1. The molecule has 0 bridgehead atoms. The molecule has 0 saturated heterocycles. The van der Waals surface area contributed by atoms with Crippen molar-refractivity contribution in [2.45, 2.75) is 26.8 Å². The van der Waals surface area contributed by atoms with E-state index in [0.29, 0.717) is 16.7 Å². The lowest BCUT2D eigenvalue weighted by atomic mass is 9.99. The Morgan fingerprint density at radius 2 is 1.62 bits per heavy atom. The highest BCUT2D eigenvalue weighted by Gasteiger charge is 2.15. The summed E-state index contributed by atoms with van der Waals surface area (Å²) in [7, 11) is 0. The summed E-state index contributed by atoms with van der Waals surface area (Å²) in [5, 5.41) is 15.2. The van der Waals surface area contributed by atoms with Gasteiger partial charge in [0.25, 0.3) is 5.91 Å². The zero-order valence-corrected chi connectivity index (χ0v) is 14.1. The standard InChI is InChI=1S/C21H21NO2/c1-13-11-17(12-14(2)20(13)23)21(24)22-15(3)18-10-6-8-16-7-4-5-9-19(16)18/h4-12,15,23H,1-3H3,(H,22,24). The summed E-state index contributed by atoms with van der Waals surface area (Å²) in [6, 6.07) is 17.6. The Bertz CT molecular complexity index is 886. The summed E-state index contributed by atoms with van der Waals surface area (Å²) in [5.74, 6) is 0.107. The minimum Gasteiger partial charge on any atom is -0.507 e. The van der Waals surface area contributed by atoms with Crippen LogP contribution in [0, 0.1) is 13.8 Å². The molecular weight excluding hydrogens is 298 g/mol. The number of hydrogen-bond acceptors (Lipinski definition) is 2. The monoisotopic (exact) mass is 319 g/mol. The molecule has 3 rings (SSSR count). The Hall–Kier alpha value is -2.81. The van der Waals surface area contributed by atoms with Gasteiger partial charge >= 0.3 is 0 Å². The topological polar surface area (TPSA) is 49.3 Å². The summed E-state index contributed by atoms with van der Waals surface area (Å²) in [4.78, 5) is 12.6. The number of carbonyl (C=O) groups is 1. The van der Waals surface area contributed by atoms with Crippen LogP contribution in [0.3, 0.4) is 0 Å². The highest BCUT2D eigenvalue weighted by atomic mass is 16.3. The molecule has 0 fully saturated rings. The van der Waals surface area contributed by atoms with Gasteiger partial charge in [0.2, 0.25) is 0 Å². The van der Waals surface area contributed by atoms with Crippen LogP contribution in [-0.4, -0.2) is 11.0 Å². The maximum atomic E-state index is 12.6. The number of nitrogens with one attached hydrogen (secondary N) is 1. The quantitative estimate of drug-likeness (QED) is 0.738. The van der Waals surface area contributed by atoms with Crippen molar-refractivity contribution in [1.29, 1.82) is 0 Å². The van der Waals surface area contributed by atoms with Gasteiger partial charge in [0.1, 0.15) is 5.75 Å². The van der Waals surface area contributed by atoms with E-state index in [4.69, 9.17) is 0 Å². The number of rotatable bonds is 3. The first-order valence-electron chi connectivity index (χ1n) is 8.06. The molecular formula is C21H21NO2. The molecule has 3 heteroatoms. The average molecular weight is 319 g/mol. The Kier molecular flexibility index (Phi) is 4.26. The van der Waals surface area contributed by atoms with Gasteiger partial charge in [0.05, 0.1) is 6.04 Å². The van der Waals surface area contributed by atoms with Gasteiger partial charge in [-0.2, -0.15) is 0 Å². The van der Waals surface area contributed by atoms with Crippen LogP contribution in [0.2, 0.25) is 0 Å². The largest absolute Gasteiger partial charge is 0.507 e. The van der Waals surface area contributed by atoms with Crippen LogP contribution in [0.1, 0.15) is 40.0 Å². The molecule has 1 atom stereocenters. The van der Waals surface area contributed by atoms with Crippen molar-refractivity contribution < 1.29 is 9.90 Å². The molecule has 24 heavy (non-hydrogen) atoms. The minimum absolute atomic E-state index is 0.113. The molecule has 0 saturated carbocycles. The van der Waals surface area contributed by atoms with Gasteiger partial charge in [-0.05, 0) is 60.4 Å². The third kappa shape index (κ3) is 2.98. The van der Waals surface area contributed by atoms with E-state index < -0.39 is 0 Å². The first-order valence-corrected chi connectivity index (χ1v) is 8.06. The number of fused-ring (bicyclic) bond motifs is 1. The third-order valence-electron chi connectivity index (χ3n) is 4.39. The van der Waals surface area contributed by atoms with Crippen molar-refractivity contribution in [3.63, 3.8) is 0 Å². The van der Waals surface area contributed by atoms with Gasteiger partial charge in [0.15, 0.2) is 0 Å². The van der Waals surface area contributed by atoms with Gasteiger partial charge in [-0.1, -0.05) is 42.5 Å². The van der Waals surface area contributed by atoms with Crippen LogP contribution in [0.25, 0.3) is 10.8 Å². The molecule has 0 radical (unpaired) electrons. The van der Waals surface area contributed by atoms with Crippen LogP contribution >= 0.6 is 0 Å². The van der Waals surface area contributed by atoms with Crippen LogP contribution in [0.4, 0.5) is 0 Å². The van der Waals surface area contributed by atoms with Gasteiger partial charge < -0.3 is 10.4 Å². The molecule has 0 aromatic heterocycles. The lowest BCUT2D eigenvalue weighted by Gasteiger charge is -2.17. The maximum absolute atomic E-state index is 12.6. The number of aryl methyl sites for hydroxylation is 2. The lowest BCUT2D eigenvalue weighted by Crippen LogP contribution is -2.27. The molecule has 0 aliphatic heterocycles. The molecule has 122 valence electrons. The minimum atomic E-state index is -0.137. The smallest absolute Gasteiger partial charge is 0.251 e. The highest BCUT2D eigenvalue weighted by molar-refractivity contribution is 5.95. The Morgan fingerprint density at radius 3 is 2.33 bits per heavy atom. The fraction of sp³-hybridized carbons (Fsp3) is 0.190. The van der Waals surface area contributed by atoms with Crippen molar-refractivity contribution in [2.24, 2.45) is 0 Å². The number of phenols is 1. The fourth-order valence-electron chi connectivity index (χ4n) is 3.07. The lowest BCUT2D eigenvalue weighted by molar-refractivity contribution is 0.0940. The van der Waals surface area contributed by atoms with Gasteiger partial charge in [-0.25, -0.2) is 0 Å². The van der Waals surface area contributed by atoms with E-state index in [0.717, 1.165) is 16.3 Å². The summed E-state index contributed by atoms with van der Waals surface area (Å²) >= 11 is 0. The number of aromatic hydroxyl groups is 1. The van der Waals surface area contributed by atoms with E-state index in [1.165, 1.54) is 0 Å². The number of hydrogen-bond donors (Lipinski definition) is 2. The second-order valence-electron chi connectivity index (χ2n) is 6.22. The second-order valence-corrected chi connectivity index (χ2v) is 6.22. The van der Waals surface area contributed by atoms with Gasteiger partial charge in [-0.3, -0.25) is 4.79 Å². The van der Waals surface area contributed by atoms with Crippen molar-refractivity contribution in [1.82, 2.24) is 5.32 Å². The molecule has 0 heterocycles. The molecule has 1 unspecified atom stereocenters. The zero-order valence-electron chi connectivity index (χ0n) is 14.1. The van der Waals surface area contributed by atoms with E-state index >= 15 is 0 Å². The molecule has 1 amide bonds. The van der Waals surface area contributed by atoms with Crippen LogP contribution in [0.5, 0.6) is 5.75 Å². The Labute approximate surface area is 142 Å². The van der Waals surface area contributed by atoms with Crippen LogP contribution < -0.4 is 5.32 Å².